The van der Waals surface area contributed by atoms with Gasteiger partial charge in [0, 0.05) is 17.7 Å². The fraction of sp³-hybridized carbons (Fsp3) is 0.364. The molecular formula is C11H12ClN3O5S. The van der Waals surface area contributed by atoms with Crippen molar-refractivity contribution in [1.82, 2.24) is 5.32 Å². The first-order chi connectivity index (χ1) is 9.61. The molecule has 2 rings (SSSR count). The fourth-order valence-electron chi connectivity index (χ4n) is 1.83. The molecule has 0 spiro atoms. The van der Waals surface area contributed by atoms with E-state index in [4.69, 9.17) is 16.7 Å². The molecular weight excluding hydrogens is 322 g/mol. The predicted octanol–water partition coefficient (Wildman–Crippen LogP) is 1.03. The van der Waals surface area contributed by atoms with E-state index in [-0.39, 0.29) is 11.6 Å². The van der Waals surface area contributed by atoms with Crippen molar-refractivity contribution in [2.24, 2.45) is 11.1 Å². The van der Waals surface area contributed by atoms with Crippen molar-refractivity contribution in [3.63, 3.8) is 0 Å². The Balaban J connectivity index is 2.49. The monoisotopic (exact) mass is 333 g/mol. The van der Waals surface area contributed by atoms with Gasteiger partial charge < -0.3 is 5.32 Å². The van der Waals surface area contributed by atoms with Gasteiger partial charge in [-0.1, -0.05) is 18.5 Å². The summed E-state index contributed by atoms with van der Waals surface area (Å²) in [6.45, 7) is 1.94. The van der Waals surface area contributed by atoms with Crippen LogP contribution < -0.4 is 10.5 Å². The van der Waals surface area contributed by atoms with Crippen LogP contribution in [0.5, 0.6) is 0 Å². The minimum Gasteiger partial charge on any atom is -0.349 e. The third-order valence-electron chi connectivity index (χ3n) is 3.21. The van der Waals surface area contributed by atoms with E-state index in [1.54, 1.807) is 0 Å². The van der Waals surface area contributed by atoms with E-state index in [0.717, 1.165) is 18.6 Å². The van der Waals surface area contributed by atoms with Crippen LogP contribution in [0.3, 0.4) is 0 Å². The van der Waals surface area contributed by atoms with E-state index in [1.165, 1.54) is 0 Å². The van der Waals surface area contributed by atoms with Crippen molar-refractivity contribution in [2.75, 3.05) is 0 Å². The zero-order valence-corrected chi connectivity index (χ0v) is 12.4. The van der Waals surface area contributed by atoms with Gasteiger partial charge in [-0.25, -0.2) is 13.6 Å². The van der Waals surface area contributed by atoms with Gasteiger partial charge in [-0.05, 0) is 18.4 Å². The molecule has 0 radical (unpaired) electrons. The molecule has 21 heavy (non-hydrogen) atoms. The SMILES string of the molecule is CC1CC1NC(=O)c1cc([N+](=O)[O-])c(Cl)c(S(N)(=O)=O)c1. The summed E-state index contributed by atoms with van der Waals surface area (Å²) in [6, 6.07) is 1.86. The number of nitrogens with one attached hydrogen (secondary N) is 1. The standard InChI is InChI=1S/C11H12ClN3O5S/c1-5-2-7(5)14-11(16)6-3-8(15(17)18)10(12)9(4-6)21(13,19)20/h3-5,7H,2H2,1H3,(H,14,16)(H2,13,19,20). The largest absolute Gasteiger partial charge is 0.349 e. The highest BCUT2D eigenvalue weighted by Crippen LogP contribution is 2.33. The number of amides is 1. The number of nitro groups is 1. The third kappa shape index (κ3) is 3.31. The summed E-state index contributed by atoms with van der Waals surface area (Å²) in [5.41, 5.74) is -0.855. The van der Waals surface area contributed by atoms with E-state index in [0.29, 0.717) is 5.92 Å². The molecule has 0 aromatic heterocycles. The van der Waals surface area contributed by atoms with Crippen LogP contribution in [0.1, 0.15) is 23.7 Å². The summed E-state index contributed by atoms with van der Waals surface area (Å²) < 4.78 is 22.9. The fourth-order valence-corrected chi connectivity index (χ4v) is 2.98. The molecule has 0 saturated heterocycles. The predicted molar refractivity (Wildman–Crippen MR) is 74.5 cm³/mol. The molecule has 1 aliphatic carbocycles. The normalized spacial score (nSPS) is 20.9. The highest BCUT2D eigenvalue weighted by atomic mass is 35.5. The Morgan fingerprint density at radius 1 is 1.52 bits per heavy atom. The van der Waals surface area contributed by atoms with Gasteiger partial charge in [0.1, 0.15) is 9.92 Å². The summed E-state index contributed by atoms with van der Waals surface area (Å²) in [5.74, 6) is -0.275. The number of carbonyl (C=O) groups is 1. The van der Waals surface area contributed by atoms with E-state index < -0.39 is 36.5 Å². The van der Waals surface area contributed by atoms with Crippen molar-refractivity contribution in [3.05, 3.63) is 32.8 Å². The van der Waals surface area contributed by atoms with Gasteiger partial charge in [0.05, 0.1) is 4.92 Å². The number of sulfonamides is 1. The number of carbonyl (C=O) groups excluding carboxylic acids is 1. The molecule has 0 aliphatic heterocycles. The van der Waals surface area contributed by atoms with Crippen molar-refractivity contribution in [1.29, 1.82) is 0 Å². The number of benzene rings is 1. The third-order valence-corrected chi connectivity index (χ3v) is 4.66. The zero-order chi connectivity index (χ0) is 15.9. The van der Waals surface area contributed by atoms with Gasteiger partial charge in [0.15, 0.2) is 0 Å². The minimum atomic E-state index is -4.29. The Hall–Kier alpha value is -1.71. The first-order valence-electron chi connectivity index (χ1n) is 5.93. The van der Waals surface area contributed by atoms with Gasteiger partial charge in [0.2, 0.25) is 10.0 Å². The maximum atomic E-state index is 12.0. The summed E-state index contributed by atoms with van der Waals surface area (Å²) in [7, 11) is -4.29. The lowest BCUT2D eigenvalue weighted by molar-refractivity contribution is -0.384. The molecule has 2 atom stereocenters. The lowest BCUT2D eigenvalue weighted by atomic mass is 10.2. The van der Waals surface area contributed by atoms with Crippen LogP contribution in [0.15, 0.2) is 17.0 Å². The van der Waals surface area contributed by atoms with Crippen LogP contribution >= 0.6 is 11.6 Å². The smallest absolute Gasteiger partial charge is 0.290 e. The van der Waals surface area contributed by atoms with E-state index in [9.17, 15) is 23.3 Å². The summed E-state index contributed by atoms with van der Waals surface area (Å²) in [6.07, 6.45) is 0.809. The molecule has 3 N–H and O–H groups in total. The lowest BCUT2D eigenvalue weighted by Gasteiger charge is -2.08. The van der Waals surface area contributed by atoms with E-state index in [1.807, 2.05) is 6.92 Å². The average Bonchev–Trinajstić information content (AvgIpc) is 3.02. The molecule has 1 amide bonds. The number of nitro benzene ring substituents is 1. The molecule has 8 nitrogen and oxygen atoms in total. The van der Waals surface area contributed by atoms with Gasteiger partial charge in [-0.15, -0.1) is 0 Å². The Kier molecular flexibility index (Phi) is 3.91. The number of nitrogens with two attached hydrogens (primary N) is 1. The molecule has 1 aromatic carbocycles. The number of hydrogen-bond donors (Lipinski definition) is 2. The maximum absolute atomic E-state index is 12.0. The lowest BCUT2D eigenvalue weighted by Crippen LogP contribution is -2.27. The molecule has 0 bridgehead atoms. The second-order valence-corrected chi connectivity index (χ2v) is 6.81. The zero-order valence-electron chi connectivity index (χ0n) is 10.9. The summed E-state index contributed by atoms with van der Waals surface area (Å²) in [5, 5.41) is 17.9. The Morgan fingerprint density at radius 2 is 2.10 bits per heavy atom. The summed E-state index contributed by atoms with van der Waals surface area (Å²) >= 11 is 5.67. The molecule has 1 aromatic rings. The van der Waals surface area contributed by atoms with Crippen LogP contribution in [0.2, 0.25) is 5.02 Å². The quantitative estimate of drug-likeness (QED) is 0.627. The van der Waals surface area contributed by atoms with Crippen LogP contribution in [0.25, 0.3) is 0 Å². The van der Waals surface area contributed by atoms with Crippen LogP contribution in [0, 0.1) is 16.0 Å². The molecule has 0 heterocycles. The molecule has 2 unspecified atom stereocenters. The van der Waals surface area contributed by atoms with Crippen LogP contribution in [-0.2, 0) is 10.0 Å². The van der Waals surface area contributed by atoms with Crippen LogP contribution in [-0.4, -0.2) is 25.3 Å². The molecule has 1 fully saturated rings. The second-order valence-electron chi connectivity index (χ2n) is 4.90. The van der Waals surface area contributed by atoms with Crippen molar-refractivity contribution in [3.8, 4) is 0 Å². The summed E-state index contributed by atoms with van der Waals surface area (Å²) in [4.78, 5) is 21.4. The highest BCUT2D eigenvalue weighted by molar-refractivity contribution is 7.89. The molecule has 1 aliphatic rings. The molecule has 114 valence electrons. The van der Waals surface area contributed by atoms with E-state index in [2.05, 4.69) is 5.32 Å². The number of hydrogen-bond acceptors (Lipinski definition) is 5. The number of halogens is 1. The van der Waals surface area contributed by atoms with E-state index >= 15 is 0 Å². The van der Waals surface area contributed by atoms with Gasteiger partial charge in [-0.3, -0.25) is 14.9 Å². The van der Waals surface area contributed by atoms with Crippen molar-refractivity contribution in [2.45, 2.75) is 24.3 Å². The minimum absolute atomic E-state index is 0.00910. The van der Waals surface area contributed by atoms with Crippen molar-refractivity contribution >= 4 is 33.2 Å². The number of rotatable bonds is 4. The molecule has 1 saturated carbocycles. The Labute approximate surface area is 125 Å². The number of nitrogens with zero attached hydrogens (tertiary/aromatic N) is 1. The first-order valence-corrected chi connectivity index (χ1v) is 7.85. The maximum Gasteiger partial charge on any atom is 0.290 e. The van der Waals surface area contributed by atoms with Crippen molar-refractivity contribution < 1.29 is 18.1 Å². The topological polar surface area (TPSA) is 132 Å². The van der Waals surface area contributed by atoms with Gasteiger partial charge in [0.25, 0.3) is 11.6 Å². The highest BCUT2D eigenvalue weighted by Gasteiger charge is 2.35. The van der Waals surface area contributed by atoms with Crippen LogP contribution in [0.4, 0.5) is 5.69 Å². The molecule has 10 heteroatoms. The second kappa shape index (κ2) is 5.24. The average molecular weight is 334 g/mol. The van der Waals surface area contributed by atoms with Gasteiger partial charge >= 0.3 is 0 Å². The van der Waals surface area contributed by atoms with Gasteiger partial charge in [-0.2, -0.15) is 0 Å². The number of primary sulfonamides is 1. The Morgan fingerprint density at radius 3 is 2.52 bits per heavy atom. The Bertz CT molecular complexity index is 734. The first kappa shape index (κ1) is 15.7.